The largest absolute Gasteiger partial charge is 0.507 e. The summed E-state index contributed by atoms with van der Waals surface area (Å²) in [5, 5.41) is 10.7. The molecule has 0 aliphatic carbocycles. The molecule has 0 radical (unpaired) electrons. The van der Waals surface area contributed by atoms with E-state index in [4.69, 9.17) is 0 Å². The van der Waals surface area contributed by atoms with Gasteiger partial charge in [0.1, 0.15) is 5.75 Å². The number of nitrogens with zero attached hydrogens (tertiary/aromatic N) is 1. The molecule has 1 aromatic rings. The Bertz CT molecular complexity index is 430. The van der Waals surface area contributed by atoms with Gasteiger partial charge in [-0.1, -0.05) is 35.8 Å². The molecule has 0 aliphatic rings. The van der Waals surface area contributed by atoms with Crippen LogP contribution in [-0.4, -0.2) is 33.8 Å². The van der Waals surface area contributed by atoms with Gasteiger partial charge in [-0.2, -0.15) is 0 Å². The number of benzene rings is 1. The average Bonchev–Trinajstić information content (AvgIpc) is 2.38. The summed E-state index contributed by atoms with van der Waals surface area (Å²) in [4.78, 5) is 14.4. The molecule has 0 aromatic heterocycles. The third-order valence-corrected chi connectivity index (χ3v) is 3.71. The summed E-state index contributed by atoms with van der Waals surface area (Å²) in [5.41, 5.74) is 1.34. The molecule has 106 valence electrons. The van der Waals surface area contributed by atoms with Crippen LogP contribution < -0.4 is 0 Å². The quantitative estimate of drug-likeness (QED) is 0.809. The van der Waals surface area contributed by atoms with Crippen molar-refractivity contribution in [1.29, 1.82) is 0 Å². The number of hydrogen-bond donors (Lipinski definition) is 1. The standard InChI is InChI=1S/C15H22BrNO2/c1-4-12(5-2)17(9-8-16)15(19)13-7-6-11(3)10-14(13)18/h6-7,10,12,18H,4-5,8-9H2,1-3H3. The van der Waals surface area contributed by atoms with E-state index in [2.05, 4.69) is 29.8 Å². The number of rotatable bonds is 6. The molecule has 0 spiro atoms. The molecule has 4 heteroatoms. The molecule has 0 aliphatic heterocycles. The predicted octanol–water partition coefficient (Wildman–Crippen LogP) is 3.73. The van der Waals surface area contributed by atoms with Crippen LogP contribution in [0.25, 0.3) is 0 Å². The minimum absolute atomic E-state index is 0.0653. The summed E-state index contributed by atoms with van der Waals surface area (Å²) in [6.45, 7) is 6.71. The Labute approximate surface area is 123 Å². The van der Waals surface area contributed by atoms with Gasteiger partial charge in [0.05, 0.1) is 5.56 Å². The first kappa shape index (κ1) is 16.0. The zero-order chi connectivity index (χ0) is 14.4. The summed E-state index contributed by atoms with van der Waals surface area (Å²) in [7, 11) is 0. The third-order valence-electron chi connectivity index (χ3n) is 3.35. The van der Waals surface area contributed by atoms with Crippen molar-refractivity contribution in [1.82, 2.24) is 4.90 Å². The van der Waals surface area contributed by atoms with Crippen molar-refractivity contribution in [2.24, 2.45) is 0 Å². The highest BCUT2D eigenvalue weighted by molar-refractivity contribution is 9.09. The molecule has 0 fully saturated rings. The number of phenolic OH excluding ortho intramolecular Hbond substituents is 1. The van der Waals surface area contributed by atoms with E-state index in [-0.39, 0.29) is 17.7 Å². The summed E-state index contributed by atoms with van der Waals surface area (Å²) in [5.74, 6) is -0.0267. The van der Waals surface area contributed by atoms with Gasteiger partial charge in [0, 0.05) is 17.9 Å². The number of alkyl halides is 1. The highest BCUT2D eigenvalue weighted by atomic mass is 79.9. The Morgan fingerprint density at radius 1 is 1.37 bits per heavy atom. The fourth-order valence-electron chi connectivity index (χ4n) is 2.25. The third kappa shape index (κ3) is 3.96. The Hall–Kier alpha value is -1.03. The van der Waals surface area contributed by atoms with Crippen LogP contribution in [0.5, 0.6) is 5.75 Å². The lowest BCUT2D eigenvalue weighted by Crippen LogP contribution is -2.41. The van der Waals surface area contributed by atoms with E-state index in [1.807, 2.05) is 17.9 Å². The van der Waals surface area contributed by atoms with Gasteiger partial charge in [-0.25, -0.2) is 0 Å². The molecule has 0 saturated carbocycles. The second-order valence-corrected chi connectivity index (χ2v) is 5.47. The Morgan fingerprint density at radius 2 is 2.00 bits per heavy atom. The molecule has 1 amide bonds. The molecule has 1 aromatic carbocycles. The molecule has 0 heterocycles. The maximum atomic E-state index is 12.6. The second kappa shape index (κ2) is 7.53. The molecule has 19 heavy (non-hydrogen) atoms. The first-order chi connectivity index (χ1) is 9.04. The smallest absolute Gasteiger partial charge is 0.257 e. The number of amides is 1. The fourth-order valence-corrected chi connectivity index (χ4v) is 2.63. The lowest BCUT2D eigenvalue weighted by Gasteiger charge is -2.30. The number of aromatic hydroxyl groups is 1. The molecule has 0 unspecified atom stereocenters. The molecule has 1 N–H and O–H groups in total. The molecular weight excluding hydrogens is 306 g/mol. The van der Waals surface area contributed by atoms with Crippen molar-refractivity contribution in [3.63, 3.8) is 0 Å². The van der Waals surface area contributed by atoms with Gasteiger partial charge in [0.15, 0.2) is 0 Å². The van der Waals surface area contributed by atoms with Gasteiger partial charge in [-0.05, 0) is 37.5 Å². The Morgan fingerprint density at radius 3 is 2.47 bits per heavy atom. The SMILES string of the molecule is CCC(CC)N(CCBr)C(=O)c1ccc(C)cc1O. The highest BCUT2D eigenvalue weighted by Crippen LogP contribution is 2.22. The van der Waals surface area contributed by atoms with E-state index in [0.717, 1.165) is 23.7 Å². The second-order valence-electron chi connectivity index (χ2n) is 4.68. The minimum atomic E-state index is -0.0920. The van der Waals surface area contributed by atoms with Crippen LogP contribution in [0.15, 0.2) is 18.2 Å². The van der Waals surface area contributed by atoms with E-state index in [0.29, 0.717) is 12.1 Å². The van der Waals surface area contributed by atoms with E-state index in [9.17, 15) is 9.90 Å². The van der Waals surface area contributed by atoms with Gasteiger partial charge in [-0.15, -0.1) is 0 Å². The first-order valence-electron chi connectivity index (χ1n) is 6.71. The van der Waals surface area contributed by atoms with Crippen LogP contribution in [0.1, 0.15) is 42.6 Å². The average molecular weight is 328 g/mol. The van der Waals surface area contributed by atoms with Crippen molar-refractivity contribution in [3.8, 4) is 5.75 Å². The van der Waals surface area contributed by atoms with Crippen LogP contribution in [0.3, 0.4) is 0 Å². The van der Waals surface area contributed by atoms with Crippen LogP contribution in [0, 0.1) is 6.92 Å². The van der Waals surface area contributed by atoms with Crippen LogP contribution in [0.4, 0.5) is 0 Å². The van der Waals surface area contributed by atoms with Crippen LogP contribution in [0.2, 0.25) is 0 Å². The van der Waals surface area contributed by atoms with Crippen molar-refractivity contribution < 1.29 is 9.90 Å². The maximum absolute atomic E-state index is 12.6. The monoisotopic (exact) mass is 327 g/mol. The molecule has 3 nitrogen and oxygen atoms in total. The topological polar surface area (TPSA) is 40.5 Å². The van der Waals surface area contributed by atoms with Crippen LogP contribution in [-0.2, 0) is 0 Å². The van der Waals surface area contributed by atoms with Crippen molar-refractivity contribution in [3.05, 3.63) is 29.3 Å². The number of aryl methyl sites for hydroxylation is 1. The summed E-state index contributed by atoms with van der Waals surface area (Å²) < 4.78 is 0. The fraction of sp³-hybridized carbons (Fsp3) is 0.533. The van der Waals surface area contributed by atoms with Gasteiger partial charge < -0.3 is 10.0 Å². The normalized spacial score (nSPS) is 10.8. The molecule has 1 rings (SSSR count). The number of hydrogen-bond acceptors (Lipinski definition) is 2. The van der Waals surface area contributed by atoms with Gasteiger partial charge in [0.25, 0.3) is 5.91 Å². The Balaban J connectivity index is 3.04. The van der Waals surface area contributed by atoms with Crippen molar-refractivity contribution in [2.45, 2.75) is 39.7 Å². The van der Waals surface area contributed by atoms with E-state index < -0.39 is 0 Å². The lowest BCUT2D eigenvalue weighted by molar-refractivity contribution is 0.0680. The van der Waals surface area contributed by atoms with Gasteiger partial charge in [-0.3, -0.25) is 4.79 Å². The van der Waals surface area contributed by atoms with Crippen molar-refractivity contribution in [2.75, 3.05) is 11.9 Å². The van der Waals surface area contributed by atoms with Crippen LogP contribution >= 0.6 is 15.9 Å². The van der Waals surface area contributed by atoms with Gasteiger partial charge in [0.2, 0.25) is 0 Å². The predicted molar refractivity (Wildman–Crippen MR) is 82.0 cm³/mol. The molecule has 0 atom stereocenters. The number of halogens is 1. The molecule has 0 bridgehead atoms. The zero-order valence-electron chi connectivity index (χ0n) is 11.8. The number of phenols is 1. The molecular formula is C15H22BrNO2. The van der Waals surface area contributed by atoms with Gasteiger partial charge >= 0.3 is 0 Å². The zero-order valence-corrected chi connectivity index (χ0v) is 13.4. The maximum Gasteiger partial charge on any atom is 0.257 e. The number of carbonyl (C=O) groups is 1. The summed E-state index contributed by atoms with van der Waals surface area (Å²) in [6, 6.07) is 5.40. The number of carbonyl (C=O) groups excluding carboxylic acids is 1. The summed E-state index contributed by atoms with van der Waals surface area (Å²) in [6.07, 6.45) is 1.84. The van der Waals surface area contributed by atoms with E-state index in [1.165, 1.54) is 0 Å². The van der Waals surface area contributed by atoms with E-state index in [1.54, 1.807) is 12.1 Å². The summed E-state index contributed by atoms with van der Waals surface area (Å²) >= 11 is 3.39. The lowest BCUT2D eigenvalue weighted by atomic mass is 10.1. The van der Waals surface area contributed by atoms with E-state index >= 15 is 0 Å². The van der Waals surface area contributed by atoms with Crippen molar-refractivity contribution >= 4 is 21.8 Å². The minimum Gasteiger partial charge on any atom is -0.507 e. The molecule has 0 saturated heterocycles. The first-order valence-corrected chi connectivity index (χ1v) is 7.83. The highest BCUT2D eigenvalue weighted by Gasteiger charge is 2.23. The Kier molecular flexibility index (Phi) is 6.35.